The number of rotatable bonds is 8. The van der Waals surface area contributed by atoms with Crippen LogP contribution in [-0.4, -0.2) is 18.4 Å². The predicted molar refractivity (Wildman–Crippen MR) is 136 cm³/mol. The normalized spacial score (nSPS) is 10.3. The van der Waals surface area contributed by atoms with Crippen LogP contribution in [0.1, 0.15) is 15.9 Å². The van der Waals surface area contributed by atoms with Gasteiger partial charge in [0.05, 0.1) is 11.3 Å². The minimum atomic E-state index is -0.350. The quantitative estimate of drug-likeness (QED) is 0.307. The van der Waals surface area contributed by atoms with Crippen molar-refractivity contribution < 1.29 is 14.3 Å². The first-order valence-corrected chi connectivity index (χ1v) is 10.9. The van der Waals surface area contributed by atoms with E-state index in [0.717, 1.165) is 16.9 Å². The van der Waals surface area contributed by atoms with Crippen molar-refractivity contribution in [3.05, 3.63) is 114 Å². The topological polar surface area (TPSA) is 79.5 Å². The monoisotopic (exact) mass is 451 g/mol. The molecule has 0 saturated heterocycles. The number of carbonyl (C=O) groups excluding carboxylic acids is 2. The molecular weight excluding hydrogens is 426 g/mol. The van der Waals surface area contributed by atoms with E-state index in [4.69, 9.17) is 4.74 Å². The maximum absolute atomic E-state index is 12.9. The van der Waals surface area contributed by atoms with Crippen LogP contribution < -0.4 is 20.7 Å². The number of hydrogen-bond acceptors (Lipinski definition) is 4. The van der Waals surface area contributed by atoms with Crippen molar-refractivity contribution in [1.29, 1.82) is 0 Å². The van der Waals surface area contributed by atoms with E-state index in [2.05, 4.69) is 16.0 Å². The number of para-hydroxylation sites is 2. The van der Waals surface area contributed by atoms with E-state index in [1.807, 2.05) is 85.8 Å². The molecule has 4 rings (SSSR count). The number of benzene rings is 4. The summed E-state index contributed by atoms with van der Waals surface area (Å²) in [6.07, 6.45) is 0. The average molecular weight is 452 g/mol. The zero-order chi connectivity index (χ0) is 23.8. The van der Waals surface area contributed by atoms with Gasteiger partial charge in [-0.15, -0.1) is 0 Å². The molecule has 0 aromatic heterocycles. The summed E-state index contributed by atoms with van der Waals surface area (Å²) in [5.41, 5.74) is 4.42. The average Bonchev–Trinajstić information content (AvgIpc) is 2.86. The second kappa shape index (κ2) is 10.8. The molecule has 0 bridgehead atoms. The number of nitrogens with one attached hydrogen (secondary N) is 3. The van der Waals surface area contributed by atoms with Crippen molar-refractivity contribution in [2.24, 2.45) is 0 Å². The van der Waals surface area contributed by atoms with Crippen LogP contribution in [0.5, 0.6) is 5.75 Å². The summed E-state index contributed by atoms with van der Waals surface area (Å²) in [7, 11) is 0. The van der Waals surface area contributed by atoms with Gasteiger partial charge in [-0.1, -0.05) is 48.0 Å². The fourth-order valence-corrected chi connectivity index (χ4v) is 3.28. The molecule has 0 fully saturated rings. The SMILES string of the molecule is Cc1ccc(OCC(=O)Nc2ccccc2C(=O)Nc2ccc(Nc3ccccc3)cc2)cc1. The third-order valence-electron chi connectivity index (χ3n) is 5.04. The van der Waals surface area contributed by atoms with Gasteiger partial charge < -0.3 is 20.7 Å². The van der Waals surface area contributed by atoms with Gasteiger partial charge in [-0.05, 0) is 67.6 Å². The zero-order valence-electron chi connectivity index (χ0n) is 18.7. The van der Waals surface area contributed by atoms with Gasteiger partial charge in [0, 0.05) is 17.1 Å². The van der Waals surface area contributed by atoms with Crippen LogP contribution in [0.2, 0.25) is 0 Å². The minimum Gasteiger partial charge on any atom is -0.484 e. The van der Waals surface area contributed by atoms with E-state index < -0.39 is 0 Å². The molecule has 3 N–H and O–H groups in total. The van der Waals surface area contributed by atoms with Crippen LogP contribution >= 0.6 is 0 Å². The zero-order valence-corrected chi connectivity index (χ0v) is 18.7. The maximum Gasteiger partial charge on any atom is 0.262 e. The standard InChI is InChI=1S/C28H25N3O3/c1-20-11-17-24(18-12-20)34-19-27(32)31-26-10-6-5-9-25(26)28(33)30-23-15-13-22(14-16-23)29-21-7-3-2-4-8-21/h2-18,29H,19H2,1H3,(H,30,33)(H,31,32). The number of hydrogen-bond donors (Lipinski definition) is 3. The van der Waals surface area contributed by atoms with Crippen molar-refractivity contribution in [3.8, 4) is 5.75 Å². The van der Waals surface area contributed by atoms with E-state index >= 15 is 0 Å². The molecule has 0 saturated carbocycles. The first kappa shape index (κ1) is 22.6. The van der Waals surface area contributed by atoms with Gasteiger partial charge in [0.15, 0.2) is 6.61 Å². The molecule has 0 aliphatic carbocycles. The Labute approximate surface area is 198 Å². The summed E-state index contributed by atoms with van der Waals surface area (Å²) in [5, 5.41) is 8.94. The highest BCUT2D eigenvalue weighted by atomic mass is 16.5. The largest absolute Gasteiger partial charge is 0.484 e. The molecule has 0 aliphatic heterocycles. The Kier molecular flexibility index (Phi) is 7.20. The second-order valence-electron chi connectivity index (χ2n) is 7.72. The molecule has 0 unspecified atom stereocenters. The molecule has 0 radical (unpaired) electrons. The van der Waals surface area contributed by atoms with Gasteiger partial charge in [0.2, 0.25) is 0 Å². The Morgan fingerprint density at radius 1 is 0.676 bits per heavy atom. The van der Waals surface area contributed by atoms with Crippen LogP contribution in [0.3, 0.4) is 0 Å². The molecule has 0 heterocycles. The maximum atomic E-state index is 12.9. The Bertz CT molecular complexity index is 1250. The van der Waals surface area contributed by atoms with Crippen LogP contribution in [0.4, 0.5) is 22.7 Å². The van der Waals surface area contributed by atoms with E-state index in [1.165, 1.54) is 0 Å². The van der Waals surface area contributed by atoms with Crippen LogP contribution in [0, 0.1) is 6.92 Å². The molecule has 34 heavy (non-hydrogen) atoms. The Hall–Kier alpha value is -4.58. The van der Waals surface area contributed by atoms with Crippen molar-refractivity contribution in [1.82, 2.24) is 0 Å². The van der Waals surface area contributed by atoms with Crippen molar-refractivity contribution in [2.75, 3.05) is 22.6 Å². The van der Waals surface area contributed by atoms with Gasteiger partial charge >= 0.3 is 0 Å². The highest BCUT2D eigenvalue weighted by Gasteiger charge is 2.14. The van der Waals surface area contributed by atoms with Crippen LogP contribution in [0.15, 0.2) is 103 Å². The highest BCUT2D eigenvalue weighted by Crippen LogP contribution is 2.21. The lowest BCUT2D eigenvalue weighted by Gasteiger charge is -2.13. The summed E-state index contributed by atoms with van der Waals surface area (Å²) in [6.45, 7) is 1.82. The Balaban J connectivity index is 1.36. The molecule has 2 amide bonds. The molecule has 0 atom stereocenters. The minimum absolute atomic E-state index is 0.158. The Morgan fingerprint density at radius 2 is 1.29 bits per heavy atom. The number of carbonyl (C=O) groups is 2. The van der Waals surface area contributed by atoms with Crippen LogP contribution in [0.25, 0.3) is 0 Å². The fraction of sp³-hybridized carbons (Fsp3) is 0.0714. The summed E-state index contributed by atoms with van der Waals surface area (Å²) < 4.78 is 5.53. The lowest BCUT2D eigenvalue weighted by atomic mass is 10.1. The highest BCUT2D eigenvalue weighted by molar-refractivity contribution is 6.10. The lowest BCUT2D eigenvalue weighted by Crippen LogP contribution is -2.22. The Morgan fingerprint density at radius 3 is 2.03 bits per heavy atom. The van der Waals surface area contributed by atoms with Crippen molar-refractivity contribution in [3.63, 3.8) is 0 Å². The number of amides is 2. The molecular formula is C28H25N3O3. The summed E-state index contributed by atoms with van der Waals surface area (Å²) in [6, 6.07) is 31.6. The van der Waals surface area contributed by atoms with Gasteiger partial charge in [-0.3, -0.25) is 9.59 Å². The first-order chi connectivity index (χ1) is 16.6. The van der Waals surface area contributed by atoms with Crippen LogP contribution in [-0.2, 0) is 4.79 Å². The molecule has 4 aromatic carbocycles. The molecule has 0 spiro atoms. The molecule has 4 aromatic rings. The van der Waals surface area contributed by atoms with E-state index in [1.54, 1.807) is 24.3 Å². The molecule has 0 aliphatic rings. The summed E-state index contributed by atoms with van der Waals surface area (Å²) in [5.74, 6) is -0.0618. The lowest BCUT2D eigenvalue weighted by molar-refractivity contribution is -0.118. The third-order valence-corrected chi connectivity index (χ3v) is 5.04. The molecule has 170 valence electrons. The fourth-order valence-electron chi connectivity index (χ4n) is 3.28. The number of aryl methyl sites for hydroxylation is 1. The third kappa shape index (κ3) is 6.23. The first-order valence-electron chi connectivity index (χ1n) is 10.9. The summed E-state index contributed by atoms with van der Waals surface area (Å²) >= 11 is 0. The van der Waals surface area contributed by atoms with Gasteiger partial charge in [0.1, 0.15) is 5.75 Å². The van der Waals surface area contributed by atoms with Gasteiger partial charge in [0.25, 0.3) is 11.8 Å². The van der Waals surface area contributed by atoms with Gasteiger partial charge in [-0.25, -0.2) is 0 Å². The number of anilines is 4. The van der Waals surface area contributed by atoms with Gasteiger partial charge in [-0.2, -0.15) is 0 Å². The van der Waals surface area contributed by atoms with E-state index in [-0.39, 0.29) is 18.4 Å². The molecule has 6 nitrogen and oxygen atoms in total. The van der Waals surface area contributed by atoms with E-state index in [0.29, 0.717) is 22.7 Å². The van der Waals surface area contributed by atoms with E-state index in [9.17, 15) is 9.59 Å². The second-order valence-corrected chi connectivity index (χ2v) is 7.72. The smallest absolute Gasteiger partial charge is 0.262 e. The van der Waals surface area contributed by atoms with Crippen molar-refractivity contribution >= 4 is 34.6 Å². The van der Waals surface area contributed by atoms with Crippen molar-refractivity contribution in [2.45, 2.75) is 6.92 Å². The summed E-state index contributed by atoms with van der Waals surface area (Å²) in [4.78, 5) is 25.3. The number of ether oxygens (including phenoxy) is 1. The molecule has 6 heteroatoms. The predicted octanol–water partition coefficient (Wildman–Crippen LogP) is 6.01.